The first-order chi connectivity index (χ1) is 10.4. The molecule has 2 aromatic rings. The minimum Gasteiger partial charge on any atom is -0.387 e. The van der Waals surface area contributed by atoms with Crippen molar-refractivity contribution in [2.45, 2.75) is 26.4 Å². The number of halogens is 1. The molecular weight excluding hydrogens is 302 g/mol. The van der Waals surface area contributed by atoms with E-state index in [2.05, 4.69) is 10.4 Å². The van der Waals surface area contributed by atoms with Gasteiger partial charge in [-0.15, -0.1) is 0 Å². The van der Waals surface area contributed by atoms with Crippen molar-refractivity contribution < 1.29 is 9.90 Å². The van der Waals surface area contributed by atoms with Crippen LogP contribution in [0.25, 0.3) is 0 Å². The third-order valence-electron chi connectivity index (χ3n) is 3.49. The molecule has 0 spiro atoms. The van der Waals surface area contributed by atoms with Gasteiger partial charge in [-0.1, -0.05) is 48.4 Å². The highest BCUT2D eigenvalue weighted by molar-refractivity contribution is 6.33. The number of carbonyl (C=O) groups excluding carboxylic acids is 1. The Kier molecular flexibility index (Phi) is 5.21. The molecule has 22 heavy (non-hydrogen) atoms. The van der Waals surface area contributed by atoms with Crippen molar-refractivity contribution in [2.24, 2.45) is 7.05 Å². The van der Waals surface area contributed by atoms with Crippen molar-refractivity contribution in [1.82, 2.24) is 15.1 Å². The van der Waals surface area contributed by atoms with Crippen molar-refractivity contribution in [3.05, 3.63) is 51.8 Å². The molecule has 1 amide bonds. The van der Waals surface area contributed by atoms with Crippen LogP contribution < -0.4 is 5.32 Å². The SMILES string of the molecule is CCc1nn(C)c(Cl)c1C(=O)NCC(O)c1cccc(C)c1. The predicted molar refractivity (Wildman–Crippen MR) is 86.1 cm³/mol. The molecule has 0 saturated carbocycles. The van der Waals surface area contributed by atoms with Gasteiger partial charge in [0.1, 0.15) is 5.15 Å². The van der Waals surface area contributed by atoms with Crippen LogP contribution in [0.2, 0.25) is 5.15 Å². The summed E-state index contributed by atoms with van der Waals surface area (Å²) in [6.07, 6.45) is -0.145. The van der Waals surface area contributed by atoms with E-state index in [0.29, 0.717) is 22.8 Å². The zero-order chi connectivity index (χ0) is 16.3. The van der Waals surface area contributed by atoms with Gasteiger partial charge in [-0.3, -0.25) is 9.48 Å². The molecule has 1 aromatic carbocycles. The standard InChI is InChI=1S/C16H20ClN3O2/c1-4-12-14(15(17)20(3)19-12)16(22)18-9-13(21)11-7-5-6-10(2)8-11/h5-8,13,21H,4,9H2,1-3H3,(H,18,22). The van der Waals surface area contributed by atoms with Crippen molar-refractivity contribution in [3.8, 4) is 0 Å². The summed E-state index contributed by atoms with van der Waals surface area (Å²) in [5.74, 6) is -0.318. The van der Waals surface area contributed by atoms with E-state index < -0.39 is 6.10 Å². The third kappa shape index (κ3) is 3.48. The second-order valence-electron chi connectivity index (χ2n) is 5.23. The molecule has 2 N–H and O–H groups in total. The number of benzene rings is 1. The number of aliphatic hydroxyl groups is 1. The molecule has 1 aromatic heterocycles. The summed E-state index contributed by atoms with van der Waals surface area (Å²) in [7, 11) is 1.69. The van der Waals surface area contributed by atoms with Crippen LogP contribution in [0.4, 0.5) is 0 Å². The Morgan fingerprint density at radius 3 is 2.86 bits per heavy atom. The van der Waals surface area contributed by atoms with Gasteiger partial charge in [0, 0.05) is 13.6 Å². The molecule has 0 radical (unpaired) electrons. The molecule has 0 saturated heterocycles. The van der Waals surface area contributed by atoms with Crippen LogP contribution in [-0.4, -0.2) is 27.3 Å². The number of nitrogens with zero attached hydrogens (tertiary/aromatic N) is 2. The van der Waals surface area contributed by atoms with E-state index in [1.165, 1.54) is 4.68 Å². The zero-order valence-corrected chi connectivity index (χ0v) is 13.7. The number of aromatic nitrogens is 2. The number of aliphatic hydroxyl groups excluding tert-OH is 1. The van der Waals surface area contributed by atoms with E-state index >= 15 is 0 Å². The van der Waals surface area contributed by atoms with Crippen LogP contribution in [0.15, 0.2) is 24.3 Å². The molecule has 2 rings (SSSR count). The average molecular weight is 322 g/mol. The van der Waals surface area contributed by atoms with E-state index in [4.69, 9.17) is 11.6 Å². The Morgan fingerprint density at radius 2 is 2.23 bits per heavy atom. The van der Waals surface area contributed by atoms with E-state index in [1.54, 1.807) is 7.05 Å². The highest BCUT2D eigenvalue weighted by atomic mass is 35.5. The Balaban J connectivity index is 2.07. The molecule has 0 bridgehead atoms. The summed E-state index contributed by atoms with van der Waals surface area (Å²) in [6, 6.07) is 7.56. The summed E-state index contributed by atoms with van der Waals surface area (Å²) < 4.78 is 1.48. The summed E-state index contributed by atoms with van der Waals surface area (Å²) in [5, 5.41) is 17.4. The predicted octanol–water partition coefficient (Wildman–Crippen LogP) is 2.41. The van der Waals surface area contributed by atoms with E-state index in [1.807, 2.05) is 38.1 Å². The molecule has 1 unspecified atom stereocenters. The second-order valence-corrected chi connectivity index (χ2v) is 5.59. The lowest BCUT2D eigenvalue weighted by atomic mass is 10.1. The summed E-state index contributed by atoms with van der Waals surface area (Å²) in [5.41, 5.74) is 2.86. The third-order valence-corrected chi connectivity index (χ3v) is 3.93. The second kappa shape index (κ2) is 6.94. The minimum atomic E-state index is -0.760. The number of amides is 1. The van der Waals surface area contributed by atoms with Crippen LogP contribution in [0, 0.1) is 6.92 Å². The van der Waals surface area contributed by atoms with Crippen molar-refractivity contribution >= 4 is 17.5 Å². The lowest BCUT2D eigenvalue weighted by Crippen LogP contribution is -2.29. The molecule has 118 valence electrons. The van der Waals surface area contributed by atoms with Gasteiger partial charge in [-0.2, -0.15) is 5.10 Å². The smallest absolute Gasteiger partial charge is 0.256 e. The number of nitrogens with one attached hydrogen (secondary N) is 1. The van der Waals surface area contributed by atoms with E-state index in [-0.39, 0.29) is 12.5 Å². The lowest BCUT2D eigenvalue weighted by molar-refractivity contribution is 0.0915. The van der Waals surface area contributed by atoms with E-state index in [9.17, 15) is 9.90 Å². The largest absolute Gasteiger partial charge is 0.387 e. The van der Waals surface area contributed by atoms with Crippen LogP contribution in [0.5, 0.6) is 0 Å². The van der Waals surface area contributed by atoms with Crippen molar-refractivity contribution in [2.75, 3.05) is 6.54 Å². The van der Waals surface area contributed by atoms with Crippen LogP contribution >= 0.6 is 11.6 Å². The maximum atomic E-state index is 12.3. The maximum Gasteiger partial charge on any atom is 0.256 e. The summed E-state index contributed by atoms with van der Waals surface area (Å²) >= 11 is 6.12. The normalized spacial score (nSPS) is 12.2. The van der Waals surface area contributed by atoms with Gasteiger partial charge in [0.2, 0.25) is 0 Å². The molecule has 5 nitrogen and oxygen atoms in total. The van der Waals surface area contributed by atoms with Gasteiger partial charge in [0.05, 0.1) is 17.4 Å². The van der Waals surface area contributed by atoms with Crippen LogP contribution in [-0.2, 0) is 13.5 Å². The maximum absolute atomic E-state index is 12.3. The molecule has 6 heteroatoms. The first-order valence-corrected chi connectivity index (χ1v) is 7.56. The fourth-order valence-electron chi connectivity index (χ4n) is 2.30. The summed E-state index contributed by atoms with van der Waals surface area (Å²) in [4.78, 5) is 12.3. The Hall–Kier alpha value is -1.85. The topological polar surface area (TPSA) is 67.2 Å². The molecule has 0 aliphatic carbocycles. The van der Waals surface area contributed by atoms with Gasteiger partial charge in [0.25, 0.3) is 5.91 Å². The van der Waals surface area contributed by atoms with Gasteiger partial charge in [-0.25, -0.2) is 0 Å². The first-order valence-electron chi connectivity index (χ1n) is 7.18. The lowest BCUT2D eigenvalue weighted by Gasteiger charge is -2.13. The molecule has 0 fully saturated rings. The molecule has 1 atom stereocenters. The highest BCUT2D eigenvalue weighted by Crippen LogP contribution is 2.20. The number of aryl methyl sites for hydroxylation is 3. The number of hydrogen-bond acceptors (Lipinski definition) is 3. The summed E-state index contributed by atoms with van der Waals surface area (Å²) in [6.45, 7) is 3.99. The van der Waals surface area contributed by atoms with Crippen LogP contribution in [0.3, 0.4) is 0 Å². The van der Waals surface area contributed by atoms with E-state index in [0.717, 1.165) is 11.1 Å². The first kappa shape index (κ1) is 16.5. The van der Waals surface area contributed by atoms with Gasteiger partial charge >= 0.3 is 0 Å². The van der Waals surface area contributed by atoms with Crippen LogP contribution in [0.1, 0.15) is 40.2 Å². The highest BCUT2D eigenvalue weighted by Gasteiger charge is 2.21. The zero-order valence-electron chi connectivity index (χ0n) is 12.9. The monoisotopic (exact) mass is 321 g/mol. The Morgan fingerprint density at radius 1 is 1.50 bits per heavy atom. The number of hydrogen-bond donors (Lipinski definition) is 2. The fraction of sp³-hybridized carbons (Fsp3) is 0.375. The minimum absolute atomic E-state index is 0.122. The Labute approximate surface area is 134 Å². The average Bonchev–Trinajstić information content (AvgIpc) is 2.79. The molecule has 1 heterocycles. The number of rotatable bonds is 5. The Bertz CT molecular complexity index is 682. The molecule has 0 aliphatic heterocycles. The van der Waals surface area contributed by atoms with Gasteiger partial charge < -0.3 is 10.4 Å². The quantitative estimate of drug-likeness (QED) is 0.888. The van der Waals surface area contributed by atoms with Gasteiger partial charge in [-0.05, 0) is 18.9 Å². The molecular formula is C16H20ClN3O2. The molecule has 0 aliphatic rings. The van der Waals surface area contributed by atoms with Gasteiger partial charge in [0.15, 0.2) is 0 Å². The van der Waals surface area contributed by atoms with Crippen molar-refractivity contribution in [1.29, 1.82) is 0 Å². The number of carbonyl (C=O) groups is 1. The fourth-order valence-corrected chi connectivity index (χ4v) is 2.53. The van der Waals surface area contributed by atoms with Crippen molar-refractivity contribution in [3.63, 3.8) is 0 Å².